The summed E-state index contributed by atoms with van der Waals surface area (Å²) in [7, 11) is 3.05. The van der Waals surface area contributed by atoms with Crippen LogP contribution in [0.1, 0.15) is 15.9 Å². The van der Waals surface area contributed by atoms with Crippen molar-refractivity contribution in [3.05, 3.63) is 59.2 Å². The Morgan fingerprint density at radius 3 is 2.18 bits per heavy atom. The molecule has 0 aliphatic heterocycles. The maximum atomic E-state index is 13.1. The second-order valence-corrected chi connectivity index (χ2v) is 4.53. The minimum Gasteiger partial charge on any atom is -0.497 e. The third-order valence-corrected chi connectivity index (χ3v) is 3.05. The van der Waals surface area contributed by atoms with Crippen LogP contribution in [0.3, 0.4) is 0 Å². The zero-order chi connectivity index (χ0) is 16.1. The van der Waals surface area contributed by atoms with Crippen molar-refractivity contribution in [3.63, 3.8) is 0 Å². The van der Waals surface area contributed by atoms with Gasteiger partial charge in [0.15, 0.2) is 11.6 Å². The molecule has 0 saturated heterocycles. The number of amides is 1. The van der Waals surface area contributed by atoms with E-state index in [2.05, 4.69) is 5.32 Å². The SMILES string of the molecule is COc1cc(CNC(=O)c2ccc(F)c(F)c2)cc(OC)c1. The molecule has 0 heterocycles. The first kappa shape index (κ1) is 15.8. The van der Waals surface area contributed by atoms with Crippen LogP contribution in [-0.2, 0) is 6.54 Å². The standard InChI is InChI=1S/C16H15F2NO3/c1-21-12-5-10(6-13(8-12)22-2)9-19-16(20)11-3-4-14(17)15(18)7-11/h3-8H,9H2,1-2H3,(H,19,20). The van der Waals surface area contributed by atoms with Gasteiger partial charge in [0, 0.05) is 18.2 Å². The molecule has 0 radical (unpaired) electrons. The normalized spacial score (nSPS) is 10.2. The highest BCUT2D eigenvalue weighted by atomic mass is 19.2. The highest BCUT2D eigenvalue weighted by Crippen LogP contribution is 2.22. The van der Waals surface area contributed by atoms with E-state index in [9.17, 15) is 13.6 Å². The zero-order valence-corrected chi connectivity index (χ0v) is 12.2. The predicted molar refractivity (Wildman–Crippen MR) is 77.1 cm³/mol. The minimum absolute atomic E-state index is 0.0498. The van der Waals surface area contributed by atoms with E-state index in [1.165, 1.54) is 20.3 Å². The van der Waals surface area contributed by atoms with E-state index in [0.29, 0.717) is 11.5 Å². The minimum atomic E-state index is -1.06. The lowest BCUT2D eigenvalue weighted by molar-refractivity contribution is 0.0950. The van der Waals surface area contributed by atoms with E-state index in [4.69, 9.17) is 9.47 Å². The molecule has 1 amide bonds. The highest BCUT2D eigenvalue weighted by molar-refractivity contribution is 5.94. The molecule has 22 heavy (non-hydrogen) atoms. The number of carbonyl (C=O) groups is 1. The van der Waals surface area contributed by atoms with Crippen LogP contribution in [0, 0.1) is 11.6 Å². The third-order valence-electron chi connectivity index (χ3n) is 3.05. The fourth-order valence-corrected chi connectivity index (χ4v) is 1.89. The predicted octanol–water partition coefficient (Wildman–Crippen LogP) is 2.91. The lowest BCUT2D eigenvalue weighted by Crippen LogP contribution is -2.23. The molecule has 2 aromatic rings. The van der Waals surface area contributed by atoms with Crippen LogP contribution in [0.15, 0.2) is 36.4 Å². The molecular formula is C16H15F2NO3. The summed E-state index contributed by atoms with van der Waals surface area (Å²) >= 11 is 0. The molecule has 116 valence electrons. The van der Waals surface area contributed by atoms with Gasteiger partial charge in [-0.05, 0) is 35.9 Å². The molecule has 0 fully saturated rings. The van der Waals surface area contributed by atoms with Crippen LogP contribution in [0.4, 0.5) is 8.78 Å². The fourth-order valence-electron chi connectivity index (χ4n) is 1.89. The molecule has 0 saturated carbocycles. The van der Waals surface area contributed by atoms with Crippen molar-refractivity contribution >= 4 is 5.91 Å². The average molecular weight is 307 g/mol. The molecule has 1 N–H and O–H groups in total. The van der Waals surface area contributed by atoms with Crippen LogP contribution < -0.4 is 14.8 Å². The Hall–Kier alpha value is -2.63. The van der Waals surface area contributed by atoms with Gasteiger partial charge in [0.1, 0.15) is 11.5 Å². The monoisotopic (exact) mass is 307 g/mol. The molecule has 6 heteroatoms. The summed E-state index contributed by atoms with van der Waals surface area (Å²) < 4.78 is 36.2. The maximum absolute atomic E-state index is 13.1. The molecular weight excluding hydrogens is 292 g/mol. The molecule has 4 nitrogen and oxygen atoms in total. The van der Waals surface area contributed by atoms with Crippen LogP contribution in [0.2, 0.25) is 0 Å². The Kier molecular flexibility index (Phi) is 4.93. The highest BCUT2D eigenvalue weighted by Gasteiger charge is 2.10. The Labute approximate surface area is 126 Å². The molecule has 0 aliphatic rings. The smallest absolute Gasteiger partial charge is 0.251 e. The Bertz CT molecular complexity index is 667. The first-order valence-corrected chi connectivity index (χ1v) is 6.48. The second kappa shape index (κ2) is 6.89. The molecule has 0 aliphatic carbocycles. The summed E-state index contributed by atoms with van der Waals surface area (Å²) in [5.41, 5.74) is 0.806. The van der Waals surface area contributed by atoms with Crippen LogP contribution >= 0.6 is 0 Å². The molecule has 2 rings (SSSR count). The van der Waals surface area contributed by atoms with Gasteiger partial charge < -0.3 is 14.8 Å². The van der Waals surface area contributed by atoms with Crippen molar-refractivity contribution in [2.75, 3.05) is 14.2 Å². The van der Waals surface area contributed by atoms with Crippen molar-refractivity contribution in [2.45, 2.75) is 6.54 Å². The number of methoxy groups -OCH3 is 2. The Morgan fingerprint density at radius 2 is 1.64 bits per heavy atom. The maximum Gasteiger partial charge on any atom is 0.251 e. The molecule has 0 spiro atoms. The molecule has 0 aromatic heterocycles. The van der Waals surface area contributed by atoms with E-state index < -0.39 is 17.5 Å². The molecule has 2 aromatic carbocycles. The van der Waals surface area contributed by atoms with Crippen molar-refractivity contribution in [1.29, 1.82) is 0 Å². The van der Waals surface area contributed by atoms with E-state index in [1.54, 1.807) is 18.2 Å². The van der Waals surface area contributed by atoms with Gasteiger partial charge in [0.2, 0.25) is 0 Å². The average Bonchev–Trinajstić information content (AvgIpc) is 2.54. The van der Waals surface area contributed by atoms with E-state index in [-0.39, 0.29) is 12.1 Å². The van der Waals surface area contributed by atoms with Gasteiger partial charge in [-0.2, -0.15) is 0 Å². The number of rotatable bonds is 5. The number of nitrogens with one attached hydrogen (secondary N) is 1. The van der Waals surface area contributed by atoms with Crippen molar-refractivity contribution in [3.8, 4) is 11.5 Å². The largest absolute Gasteiger partial charge is 0.497 e. The van der Waals surface area contributed by atoms with Gasteiger partial charge in [0.05, 0.1) is 14.2 Å². The topological polar surface area (TPSA) is 47.6 Å². The van der Waals surface area contributed by atoms with Crippen LogP contribution in [-0.4, -0.2) is 20.1 Å². The van der Waals surface area contributed by atoms with Gasteiger partial charge in [0.25, 0.3) is 5.91 Å². The first-order valence-electron chi connectivity index (χ1n) is 6.48. The van der Waals surface area contributed by atoms with Gasteiger partial charge in [-0.25, -0.2) is 8.78 Å². The molecule has 0 unspecified atom stereocenters. The van der Waals surface area contributed by atoms with Crippen LogP contribution in [0.25, 0.3) is 0 Å². The number of benzene rings is 2. The number of carbonyl (C=O) groups excluding carboxylic acids is 1. The van der Waals surface area contributed by atoms with E-state index in [0.717, 1.165) is 17.7 Å². The number of hydrogen-bond acceptors (Lipinski definition) is 3. The lowest BCUT2D eigenvalue weighted by Gasteiger charge is -2.10. The lowest BCUT2D eigenvalue weighted by atomic mass is 10.1. The second-order valence-electron chi connectivity index (χ2n) is 4.53. The summed E-state index contributed by atoms with van der Waals surface area (Å²) in [6.07, 6.45) is 0. The summed E-state index contributed by atoms with van der Waals surface area (Å²) in [5, 5.41) is 2.63. The fraction of sp³-hybridized carbons (Fsp3) is 0.188. The van der Waals surface area contributed by atoms with E-state index >= 15 is 0 Å². The van der Waals surface area contributed by atoms with Gasteiger partial charge >= 0.3 is 0 Å². The quantitative estimate of drug-likeness (QED) is 0.924. The Balaban J connectivity index is 2.08. The number of hydrogen-bond donors (Lipinski definition) is 1. The van der Waals surface area contributed by atoms with Crippen molar-refractivity contribution in [2.24, 2.45) is 0 Å². The molecule has 0 bridgehead atoms. The van der Waals surface area contributed by atoms with Crippen molar-refractivity contribution < 1.29 is 23.0 Å². The number of ether oxygens (including phenoxy) is 2. The van der Waals surface area contributed by atoms with Crippen LogP contribution in [0.5, 0.6) is 11.5 Å². The molecule has 0 atom stereocenters. The summed E-state index contributed by atoms with van der Waals surface area (Å²) in [4.78, 5) is 11.9. The van der Waals surface area contributed by atoms with Gasteiger partial charge in [-0.1, -0.05) is 0 Å². The Morgan fingerprint density at radius 1 is 1.00 bits per heavy atom. The summed E-state index contributed by atoms with van der Waals surface area (Å²) in [6.45, 7) is 0.200. The van der Waals surface area contributed by atoms with Gasteiger partial charge in [-0.3, -0.25) is 4.79 Å². The van der Waals surface area contributed by atoms with Gasteiger partial charge in [-0.15, -0.1) is 0 Å². The van der Waals surface area contributed by atoms with E-state index in [1.807, 2.05) is 0 Å². The summed E-state index contributed by atoms with van der Waals surface area (Å²) in [5.74, 6) is -1.36. The third kappa shape index (κ3) is 3.72. The summed E-state index contributed by atoms with van der Waals surface area (Å²) in [6, 6.07) is 8.19. The zero-order valence-electron chi connectivity index (χ0n) is 12.2. The van der Waals surface area contributed by atoms with Crippen molar-refractivity contribution in [1.82, 2.24) is 5.32 Å². The first-order chi connectivity index (χ1) is 10.5. The number of halogens is 2.